The summed E-state index contributed by atoms with van der Waals surface area (Å²) in [6.45, 7) is 1.16. The Labute approximate surface area is 88.2 Å². The summed E-state index contributed by atoms with van der Waals surface area (Å²) in [6, 6.07) is 3.41. The van der Waals surface area contributed by atoms with E-state index in [1.165, 1.54) is 17.0 Å². The Morgan fingerprint density at radius 3 is 2.27 bits per heavy atom. The van der Waals surface area contributed by atoms with Gasteiger partial charge >= 0.3 is 5.72 Å². The normalized spacial score (nSPS) is 14.4. The Hall–Kier alpha value is -1.62. The number of anilines is 1. The van der Waals surface area contributed by atoms with Gasteiger partial charge in [-0.1, -0.05) is 0 Å². The first-order valence-corrected chi connectivity index (χ1v) is 4.48. The molecule has 1 aromatic rings. The Kier molecular flexibility index (Phi) is 2.95. The molecule has 1 unspecified atom stereocenters. The molecule has 15 heavy (non-hydrogen) atoms. The van der Waals surface area contributed by atoms with Gasteiger partial charge in [-0.25, -0.2) is 0 Å². The van der Waals surface area contributed by atoms with Gasteiger partial charge in [0.1, 0.15) is 5.97 Å². The highest BCUT2D eigenvalue weighted by Crippen LogP contribution is 2.08. The van der Waals surface area contributed by atoms with Gasteiger partial charge in [0.05, 0.1) is 0 Å². The number of pyridine rings is 1. The minimum atomic E-state index is -2.02. The lowest BCUT2D eigenvalue weighted by Gasteiger charge is -2.19. The molecule has 0 amide bonds. The summed E-state index contributed by atoms with van der Waals surface area (Å²) in [5.41, 5.74) is -1.11. The maximum absolute atomic E-state index is 10.6. The quantitative estimate of drug-likeness (QED) is 0.614. The number of rotatable bonds is 3. The van der Waals surface area contributed by atoms with Gasteiger partial charge < -0.3 is 19.9 Å². The third kappa shape index (κ3) is 2.24. The molecule has 0 aliphatic carbocycles. The van der Waals surface area contributed by atoms with Crippen LogP contribution in [0, 0.1) is 0 Å². The highest BCUT2D eigenvalue weighted by molar-refractivity contribution is 5.69. The summed E-state index contributed by atoms with van der Waals surface area (Å²) in [4.78, 5) is 12.5. The second-order valence-electron chi connectivity index (χ2n) is 3.67. The summed E-state index contributed by atoms with van der Waals surface area (Å²) in [7, 11) is 3.74. The van der Waals surface area contributed by atoms with E-state index < -0.39 is 11.7 Å². The lowest BCUT2D eigenvalue weighted by Crippen LogP contribution is -2.63. The summed E-state index contributed by atoms with van der Waals surface area (Å²) in [5, 5.41) is 20.2. The van der Waals surface area contributed by atoms with Gasteiger partial charge in [-0.15, -0.1) is 0 Å². The number of carbonyl (C=O) groups is 1. The third-order valence-electron chi connectivity index (χ3n) is 2.22. The van der Waals surface area contributed by atoms with Crippen molar-refractivity contribution in [2.75, 3.05) is 19.0 Å². The minimum Gasteiger partial charge on any atom is -0.541 e. The number of hydrogen-bond acceptors (Lipinski definition) is 4. The molecule has 0 saturated heterocycles. The summed E-state index contributed by atoms with van der Waals surface area (Å²) in [6.07, 6.45) is 2.98. The number of hydrogen-bond donors (Lipinski definition) is 1. The Morgan fingerprint density at radius 2 is 1.93 bits per heavy atom. The number of carboxylic acids is 1. The Morgan fingerprint density at radius 1 is 1.47 bits per heavy atom. The second kappa shape index (κ2) is 3.86. The van der Waals surface area contributed by atoms with Crippen LogP contribution in [0.3, 0.4) is 0 Å². The second-order valence-corrected chi connectivity index (χ2v) is 3.67. The van der Waals surface area contributed by atoms with Crippen LogP contribution in [0.4, 0.5) is 5.69 Å². The van der Waals surface area contributed by atoms with Gasteiger partial charge in [0.25, 0.3) is 0 Å². The first kappa shape index (κ1) is 11.5. The van der Waals surface area contributed by atoms with E-state index in [1.807, 2.05) is 19.0 Å². The van der Waals surface area contributed by atoms with Gasteiger partial charge in [-0.2, -0.15) is 4.57 Å². The van der Waals surface area contributed by atoms with Crippen molar-refractivity contribution >= 4 is 11.7 Å². The van der Waals surface area contributed by atoms with Crippen molar-refractivity contribution in [3.63, 3.8) is 0 Å². The van der Waals surface area contributed by atoms with E-state index in [4.69, 9.17) is 0 Å². The molecule has 1 rings (SSSR count). The summed E-state index contributed by atoms with van der Waals surface area (Å²) < 4.78 is 1.18. The number of carboxylic acid groups (broad SMARTS) is 1. The van der Waals surface area contributed by atoms with Crippen LogP contribution in [-0.2, 0) is 10.5 Å². The van der Waals surface area contributed by atoms with E-state index in [0.717, 1.165) is 12.6 Å². The number of aliphatic carboxylic acids is 1. The predicted octanol–water partition coefficient (Wildman–Crippen LogP) is -1.54. The molecule has 0 fully saturated rings. The van der Waals surface area contributed by atoms with Crippen molar-refractivity contribution in [1.29, 1.82) is 0 Å². The molecule has 0 saturated carbocycles. The molecule has 5 heteroatoms. The first-order chi connectivity index (χ1) is 6.85. The zero-order valence-electron chi connectivity index (χ0n) is 8.97. The highest BCUT2D eigenvalue weighted by Gasteiger charge is 2.32. The molecular formula is C10H14N2O3. The first-order valence-electron chi connectivity index (χ1n) is 4.48. The van der Waals surface area contributed by atoms with Gasteiger partial charge in [-0.3, -0.25) is 0 Å². The topological polar surface area (TPSA) is 67.5 Å². The van der Waals surface area contributed by atoms with E-state index in [9.17, 15) is 15.0 Å². The lowest BCUT2D eigenvalue weighted by atomic mass is 10.2. The summed E-state index contributed by atoms with van der Waals surface area (Å²) >= 11 is 0. The molecule has 0 radical (unpaired) electrons. The third-order valence-corrected chi connectivity index (χ3v) is 2.22. The van der Waals surface area contributed by atoms with Gasteiger partial charge in [0, 0.05) is 38.8 Å². The van der Waals surface area contributed by atoms with E-state index in [1.54, 1.807) is 12.1 Å². The Balaban J connectivity index is 3.04. The van der Waals surface area contributed by atoms with Gasteiger partial charge in [0.15, 0.2) is 12.4 Å². The smallest absolute Gasteiger partial charge is 0.308 e. The fraction of sp³-hybridized carbons (Fsp3) is 0.400. The molecular weight excluding hydrogens is 196 g/mol. The fourth-order valence-corrected chi connectivity index (χ4v) is 1.11. The van der Waals surface area contributed by atoms with Crippen molar-refractivity contribution in [1.82, 2.24) is 0 Å². The predicted molar refractivity (Wildman–Crippen MR) is 51.8 cm³/mol. The molecule has 1 atom stereocenters. The number of aromatic nitrogens is 1. The van der Waals surface area contributed by atoms with Crippen LogP contribution >= 0.6 is 0 Å². The van der Waals surface area contributed by atoms with Crippen LogP contribution in [-0.4, -0.2) is 25.2 Å². The van der Waals surface area contributed by atoms with Gasteiger partial charge in [0.2, 0.25) is 0 Å². The monoisotopic (exact) mass is 210 g/mol. The van der Waals surface area contributed by atoms with E-state index >= 15 is 0 Å². The van der Waals surface area contributed by atoms with Crippen LogP contribution in [0.2, 0.25) is 0 Å². The zero-order chi connectivity index (χ0) is 11.6. The number of aliphatic hydroxyl groups is 1. The van der Waals surface area contributed by atoms with Crippen LogP contribution in [0.25, 0.3) is 0 Å². The molecule has 1 aromatic heterocycles. The largest absolute Gasteiger partial charge is 0.541 e. The fourth-order valence-electron chi connectivity index (χ4n) is 1.11. The van der Waals surface area contributed by atoms with Crippen molar-refractivity contribution < 1.29 is 19.6 Å². The van der Waals surface area contributed by atoms with E-state index in [-0.39, 0.29) is 0 Å². The van der Waals surface area contributed by atoms with Crippen molar-refractivity contribution in [2.24, 2.45) is 0 Å². The van der Waals surface area contributed by atoms with Crippen molar-refractivity contribution in [3.8, 4) is 0 Å². The van der Waals surface area contributed by atoms with Crippen molar-refractivity contribution in [3.05, 3.63) is 24.5 Å². The maximum Gasteiger partial charge on any atom is 0.308 e. The van der Waals surface area contributed by atoms with Crippen LogP contribution < -0.4 is 14.6 Å². The average molecular weight is 210 g/mol. The Bertz CT molecular complexity index is 357. The van der Waals surface area contributed by atoms with Crippen molar-refractivity contribution in [2.45, 2.75) is 12.6 Å². The molecule has 82 valence electrons. The molecule has 0 aromatic carbocycles. The maximum atomic E-state index is 10.6. The van der Waals surface area contributed by atoms with Crippen LogP contribution in [0.15, 0.2) is 24.5 Å². The molecule has 5 nitrogen and oxygen atoms in total. The molecule has 1 heterocycles. The molecule has 1 N–H and O–H groups in total. The van der Waals surface area contributed by atoms with Gasteiger partial charge in [-0.05, 0) is 0 Å². The molecule has 0 aliphatic heterocycles. The zero-order valence-corrected chi connectivity index (χ0v) is 8.97. The van der Waals surface area contributed by atoms with Crippen LogP contribution in [0.1, 0.15) is 6.92 Å². The SMILES string of the molecule is CN(C)c1cc[n+](C(C)(O)C(=O)[O-])cc1. The number of nitrogens with zero attached hydrogens (tertiary/aromatic N) is 2. The highest BCUT2D eigenvalue weighted by atomic mass is 16.4. The number of carbonyl (C=O) groups excluding carboxylic acids is 1. The molecule has 0 aliphatic rings. The lowest BCUT2D eigenvalue weighted by molar-refractivity contribution is -0.792. The average Bonchev–Trinajstić information content (AvgIpc) is 2.17. The summed E-state index contributed by atoms with van der Waals surface area (Å²) in [5.74, 6) is -1.54. The van der Waals surface area contributed by atoms with E-state index in [2.05, 4.69) is 0 Å². The van der Waals surface area contributed by atoms with Crippen LogP contribution in [0.5, 0.6) is 0 Å². The minimum absolute atomic E-state index is 0.917. The van der Waals surface area contributed by atoms with E-state index in [0.29, 0.717) is 0 Å². The molecule has 0 spiro atoms. The molecule has 0 bridgehead atoms. The standard InChI is InChI=1S/C10H14N2O3/c1-10(15,9(13)14)12-6-4-8(5-7-12)11(2)3/h4-7,15H,1-3H3.